The number of amides is 1. The van der Waals surface area contributed by atoms with Gasteiger partial charge in [0.1, 0.15) is 0 Å². The summed E-state index contributed by atoms with van der Waals surface area (Å²) in [5.74, 6) is 0.193. The largest absolute Gasteiger partial charge is 0.355 e. The van der Waals surface area contributed by atoms with Crippen molar-refractivity contribution in [3.05, 3.63) is 29.8 Å². The first-order chi connectivity index (χ1) is 9.65. The topological polar surface area (TPSA) is 41.1 Å². The molecule has 0 aliphatic carbocycles. The van der Waals surface area contributed by atoms with Crippen molar-refractivity contribution in [2.45, 2.75) is 55.8 Å². The maximum atomic E-state index is 12.0. The number of carbonyl (C=O) groups is 1. The Kier molecular flexibility index (Phi) is 5.92. The Balaban J connectivity index is 1.97. The molecule has 0 spiro atoms. The van der Waals surface area contributed by atoms with E-state index in [9.17, 15) is 4.79 Å². The van der Waals surface area contributed by atoms with Crippen molar-refractivity contribution in [2.24, 2.45) is 0 Å². The van der Waals surface area contributed by atoms with Gasteiger partial charge in [-0.1, -0.05) is 32.4 Å². The molecule has 2 rings (SSSR count). The average molecular weight is 292 g/mol. The van der Waals surface area contributed by atoms with E-state index < -0.39 is 0 Å². The van der Waals surface area contributed by atoms with Crippen molar-refractivity contribution >= 4 is 17.7 Å². The standard InChI is InChI=1S/C16H24N2OS/c1-12(2)18-11-13-6-5-7-14(10-13)20-15-8-3-4-9-17-16(15)19/h5-7,10,12,15,18H,3-4,8-9,11H2,1-2H3,(H,17,19). The Morgan fingerprint density at radius 3 is 3.05 bits per heavy atom. The average Bonchev–Trinajstić information content (AvgIpc) is 2.62. The molecule has 1 aliphatic heterocycles. The molecule has 110 valence electrons. The van der Waals surface area contributed by atoms with Gasteiger partial charge in [0.2, 0.25) is 5.91 Å². The van der Waals surface area contributed by atoms with Crippen LogP contribution in [0.2, 0.25) is 0 Å². The van der Waals surface area contributed by atoms with Gasteiger partial charge in [0.05, 0.1) is 5.25 Å². The summed E-state index contributed by atoms with van der Waals surface area (Å²) < 4.78 is 0. The molecule has 3 nitrogen and oxygen atoms in total. The van der Waals surface area contributed by atoms with Crippen LogP contribution in [-0.2, 0) is 11.3 Å². The van der Waals surface area contributed by atoms with E-state index in [0.717, 1.165) is 32.4 Å². The van der Waals surface area contributed by atoms with Gasteiger partial charge in [0.15, 0.2) is 0 Å². The zero-order chi connectivity index (χ0) is 14.4. The molecule has 1 aromatic carbocycles. The van der Waals surface area contributed by atoms with Crippen molar-refractivity contribution in [1.82, 2.24) is 10.6 Å². The Morgan fingerprint density at radius 1 is 1.40 bits per heavy atom. The van der Waals surface area contributed by atoms with Crippen molar-refractivity contribution in [3.63, 3.8) is 0 Å². The Bertz CT molecular complexity index is 448. The molecule has 1 atom stereocenters. The highest BCUT2D eigenvalue weighted by Crippen LogP contribution is 2.28. The molecule has 1 unspecified atom stereocenters. The lowest BCUT2D eigenvalue weighted by atomic mass is 10.2. The van der Waals surface area contributed by atoms with Gasteiger partial charge in [-0.15, -0.1) is 11.8 Å². The van der Waals surface area contributed by atoms with Crippen LogP contribution in [0.15, 0.2) is 29.2 Å². The lowest BCUT2D eigenvalue weighted by molar-refractivity contribution is -0.120. The molecule has 1 amide bonds. The van der Waals surface area contributed by atoms with Gasteiger partial charge in [0, 0.05) is 24.0 Å². The van der Waals surface area contributed by atoms with Crippen LogP contribution in [0.1, 0.15) is 38.7 Å². The van der Waals surface area contributed by atoms with E-state index in [0.29, 0.717) is 6.04 Å². The SMILES string of the molecule is CC(C)NCc1cccc(SC2CCCCNC2=O)c1. The Morgan fingerprint density at radius 2 is 2.25 bits per heavy atom. The van der Waals surface area contributed by atoms with Gasteiger partial charge in [-0.2, -0.15) is 0 Å². The number of hydrogen-bond acceptors (Lipinski definition) is 3. The van der Waals surface area contributed by atoms with Gasteiger partial charge in [-0.05, 0) is 30.5 Å². The number of rotatable bonds is 5. The monoisotopic (exact) mass is 292 g/mol. The molecule has 0 aromatic heterocycles. The van der Waals surface area contributed by atoms with Crippen LogP contribution < -0.4 is 10.6 Å². The molecule has 0 radical (unpaired) electrons. The molecule has 0 bridgehead atoms. The molecule has 2 N–H and O–H groups in total. The Labute approximate surface area is 125 Å². The van der Waals surface area contributed by atoms with Crippen molar-refractivity contribution < 1.29 is 4.79 Å². The predicted octanol–water partition coefficient (Wildman–Crippen LogP) is 2.95. The highest BCUT2D eigenvalue weighted by molar-refractivity contribution is 8.00. The first-order valence-corrected chi connectivity index (χ1v) is 8.30. The summed E-state index contributed by atoms with van der Waals surface area (Å²) >= 11 is 1.69. The van der Waals surface area contributed by atoms with Crippen LogP contribution in [-0.4, -0.2) is 23.7 Å². The summed E-state index contributed by atoms with van der Waals surface area (Å²) in [6.45, 7) is 6.00. The minimum atomic E-state index is 0.0609. The van der Waals surface area contributed by atoms with Crippen LogP contribution in [0, 0.1) is 0 Å². The second kappa shape index (κ2) is 7.70. The van der Waals surface area contributed by atoms with Crippen LogP contribution >= 0.6 is 11.8 Å². The van der Waals surface area contributed by atoms with Gasteiger partial charge < -0.3 is 10.6 Å². The number of carbonyl (C=O) groups excluding carboxylic acids is 1. The van der Waals surface area contributed by atoms with Crippen molar-refractivity contribution in [1.29, 1.82) is 0 Å². The third-order valence-electron chi connectivity index (χ3n) is 3.38. The summed E-state index contributed by atoms with van der Waals surface area (Å²) in [5.41, 5.74) is 1.28. The number of benzene rings is 1. The molecule has 1 saturated heterocycles. The molecular weight excluding hydrogens is 268 g/mol. The highest BCUT2D eigenvalue weighted by atomic mass is 32.2. The number of hydrogen-bond donors (Lipinski definition) is 2. The maximum Gasteiger partial charge on any atom is 0.233 e. The van der Waals surface area contributed by atoms with E-state index in [2.05, 4.69) is 48.7 Å². The first kappa shape index (κ1) is 15.4. The second-order valence-corrected chi connectivity index (χ2v) is 6.85. The zero-order valence-corrected chi connectivity index (χ0v) is 13.1. The van der Waals surface area contributed by atoms with Crippen LogP contribution in [0.5, 0.6) is 0 Å². The van der Waals surface area contributed by atoms with E-state index in [-0.39, 0.29) is 11.2 Å². The predicted molar refractivity (Wildman–Crippen MR) is 84.9 cm³/mol. The second-order valence-electron chi connectivity index (χ2n) is 5.58. The molecule has 1 heterocycles. The van der Waals surface area contributed by atoms with E-state index >= 15 is 0 Å². The van der Waals surface area contributed by atoms with E-state index in [1.54, 1.807) is 11.8 Å². The summed E-state index contributed by atoms with van der Waals surface area (Å²) in [6.07, 6.45) is 3.21. The summed E-state index contributed by atoms with van der Waals surface area (Å²) in [4.78, 5) is 13.2. The lowest BCUT2D eigenvalue weighted by Gasteiger charge is -2.14. The van der Waals surface area contributed by atoms with Gasteiger partial charge in [0.25, 0.3) is 0 Å². The summed E-state index contributed by atoms with van der Waals surface area (Å²) in [7, 11) is 0. The Hall–Kier alpha value is -1.00. The minimum absolute atomic E-state index is 0.0609. The van der Waals surface area contributed by atoms with E-state index in [1.807, 2.05) is 0 Å². The van der Waals surface area contributed by atoms with Crippen LogP contribution in [0.25, 0.3) is 0 Å². The quantitative estimate of drug-likeness (QED) is 0.876. The maximum absolute atomic E-state index is 12.0. The lowest BCUT2D eigenvalue weighted by Crippen LogP contribution is -2.30. The zero-order valence-electron chi connectivity index (χ0n) is 12.3. The molecule has 1 aromatic rings. The third-order valence-corrected chi connectivity index (χ3v) is 4.64. The third kappa shape index (κ3) is 4.84. The molecule has 20 heavy (non-hydrogen) atoms. The van der Waals surface area contributed by atoms with Gasteiger partial charge >= 0.3 is 0 Å². The van der Waals surface area contributed by atoms with E-state index in [4.69, 9.17) is 0 Å². The minimum Gasteiger partial charge on any atom is -0.355 e. The molecule has 4 heteroatoms. The van der Waals surface area contributed by atoms with Crippen molar-refractivity contribution in [2.75, 3.05) is 6.54 Å². The smallest absolute Gasteiger partial charge is 0.233 e. The summed E-state index contributed by atoms with van der Waals surface area (Å²) in [6, 6.07) is 8.99. The number of thioether (sulfide) groups is 1. The van der Waals surface area contributed by atoms with Crippen molar-refractivity contribution in [3.8, 4) is 0 Å². The molecule has 1 aliphatic rings. The molecule has 0 saturated carbocycles. The molecular formula is C16H24N2OS. The van der Waals surface area contributed by atoms with Gasteiger partial charge in [-0.3, -0.25) is 4.79 Å². The fourth-order valence-electron chi connectivity index (χ4n) is 2.24. The number of nitrogens with one attached hydrogen (secondary N) is 2. The summed E-state index contributed by atoms with van der Waals surface area (Å²) in [5, 5.41) is 6.48. The molecule has 1 fully saturated rings. The first-order valence-electron chi connectivity index (χ1n) is 7.42. The fourth-order valence-corrected chi connectivity index (χ4v) is 3.42. The normalized spacial score (nSPS) is 19.8. The van der Waals surface area contributed by atoms with Gasteiger partial charge in [-0.25, -0.2) is 0 Å². The van der Waals surface area contributed by atoms with E-state index in [1.165, 1.54) is 10.5 Å². The van der Waals surface area contributed by atoms with Crippen LogP contribution in [0.3, 0.4) is 0 Å². The highest BCUT2D eigenvalue weighted by Gasteiger charge is 2.21. The fraction of sp³-hybridized carbons (Fsp3) is 0.562. The van der Waals surface area contributed by atoms with Crippen LogP contribution in [0.4, 0.5) is 0 Å².